The molecule has 0 fully saturated rings. The number of amides is 1. The van der Waals surface area contributed by atoms with E-state index in [-0.39, 0.29) is 24.4 Å². The molecule has 0 spiro atoms. The van der Waals surface area contributed by atoms with Crippen molar-refractivity contribution in [1.82, 2.24) is 5.32 Å². The van der Waals surface area contributed by atoms with Crippen molar-refractivity contribution < 1.29 is 4.79 Å². The van der Waals surface area contributed by atoms with Crippen molar-refractivity contribution in [2.45, 2.75) is 39.3 Å². The Bertz CT molecular complexity index is 730. The van der Waals surface area contributed by atoms with Gasteiger partial charge in [0.2, 0.25) is 5.91 Å². The average Bonchev–Trinajstić information content (AvgIpc) is 2.60. The summed E-state index contributed by atoms with van der Waals surface area (Å²) in [7, 11) is 0. The molecular weight excluding hydrogens is 334 g/mol. The maximum Gasteiger partial charge on any atom is 0.242 e. The molecule has 0 radical (unpaired) electrons. The van der Waals surface area contributed by atoms with E-state index in [2.05, 4.69) is 47.5 Å². The Hall–Kier alpha value is -2.20. The first-order valence-corrected chi connectivity index (χ1v) is 8.53. The van der Waals surface area contributed by atoms with Gasteiger partial charge in [-0.15, -0.1) is 12.4 Å². The molecule has 0 aromatic heterocycles. The summed E-state index contributed by atoms with van der Waals surface area (Å²) in [5.41, 5.74) is 11.5. The van der Waals surface area contributed by atoms with Crippen molar-refractivity contribution in [3.05, 3.63) is 59.2 Å². The van der Waals surface area contributed by atoms with Crippen LogP contribution >= 0.6 is 12.4 Å². The van der Waals surface area contributed by atoms with E-state index >= 15 is 0 Å². The molecule has 25 heavy (non-hydrogen) atoms. The first kappa shape index (κ1) is 19.1. The Morgan fingerprint density at radius 2 is 1.96 bits per heavy atom. The molecule has 1 heterocycles. The molecule has 0 aliphatic carbocycles. The number of carbonyl (C=O) groups is 1. The van der Waals surface area contributed by atoms with Gasteiger partial charge in [-0.25, -0.2) is 0 Å². The molecule has 1 aliphatic rings. The summed E-state index contributed by atoms with van der Waals surface area (Å²) >= 11 is 0. The van der Waals surface area contributed by atoms with Crippen molar-refractivity contribution in [2.75, 3.05) is 17.2 Å². The maximum atomic E-state index is 12.6. The van der Waals surface area contributed by atoms with Gasteiger partial charge >= 0.3 is 0 Å². The fraction of sp³-hybridized carbons (Fsp3) is 0.350. The standard InChI is InChI=1S/C20H25N3O.ClH/c1-14-8-10-16(11-9-14)13-22-20(24)15(2)23-12-4-5-17-18(21)6-3-7-19(17)23;/h3,6-11,15H,4-5,12-13,21H2,1-2H3,(H,22,24);1H. The molecule has 1 unspecified atom stereocenters. The summed E-state index contributed by atoms with van der Waals surface area (Å²) in [4.78, 5) is 14.8. The lowest BCUT2D eigenvalue weighted by molar-refractivity contribution is -0.122. The molecule has 0 saturated carbocycles. The van der Waals surface area contributed by atoms with Gasteiger partial charge in [0.1, 0.15) is 6.04 Å². The summed E-state index contributed by atoms with van der Waals surface area (Å²) in [6, 6.07) is 14.0. The highest BCUT2D eigenvalue weighted by Gasteiger charge is 2.26. The highest BCUT2D eigenvalue weighted by Crippen LogP contribution is 2.32. The van der Waals surface area contributed by atoms with Gasteiger partial charge in [0.15, 0.2) is 0 Å². The molecule has 5 heteroatoms. The topological polar surface area (TPSA) is 58.4 Å². The van der Waals surface area contributed by atoms with E-state index < -0.39 is 0 Å². The second-order valence-corrected chi connectivity index (χ2v) is 6.52. The number of benzene rings is 2. The lowest BCUT2D eigenvalue weighted by Crippen LogP contribution is -2.47. The largest absolute Gasteiger partial charge is 0.398 e. The van der Waals surface area contributed by atoms with Crippen LogP contribution in [0.4, 0.5) is 11.4 Å². The smallest absolute Gasteiger partial charge is 0.242 e. The van der Waals surface area contributed by atoms with Crippen molar-refractivity contribution in [3.63, 3.8) is 0 Å². The molecule has 3 rings (SSSR count). The van der Waals surface area contributed by atoms with Gasteiger partial charge in [0, 0.05) is 24.5 Å². The number of rotatable bonds is 4. The molecule has 1 atom stereocenters. The summed E-state index contributed by atoms with van der Waals surface area (Å²) in [6.45, 7) is 5.46. The van der Waals surface area contributed by atoms with Gasteiger partial charge in [-0.2, -0.15) is 0 Å². The van der Waals surface area contributed by atoms with E-state index in [1.807, 2.05) is 19.1 Å². The third-order valence-corrected chi connectivity index (χ3v) is 4.76. The van der Waals surface area contributed by atoms with Gasteiger partial charge < -0.3 is 16.0 Å². The number of nitrogen functional groups attached to an aromatic ring is 1. The number of anilines is 2. The first-order chi connectivity index (χ1) is 11.6. The van der Waals surface area contributed by atoms with Gasteiger partial charge in [-0.1, -0.05) is 35.9 Å². The van der Waals surface area contributed by atoms with Crippen molar-refractivity contribution in [1.29, 1.82) is 0 Å². The molecule has 3 N–H and O–H groups in total. The molecule has 134 valence electrons. The van der Waals surface area contributed by atoms with Crippen LogP contribution in [0, 0.1) is 6.92 Å². The van der Waals surface area contributed by atoms with Crippen LogP contribution < -0.4 is 16.0 Å². The number of nitrogens with zero attached hydrogens (tertiary/aromatic N) is 1. The Labute approximate surface area is 155 Å². The number of carbonyl (C=O) groups excluding carboxylic acids is 1. The van der Waals surface area contributed by atoms with E-state index in [1.54, 1.807) is 0 Å². The van der Waals surface area contributed by atoms with Crippen LogP contribution in [0.15, 0.2) is 42.5 Å². The highest BCUT2D eigenvalue weighted by molar-refractivity contribution is 5.86. The second kappa shape index (κ2) is 8.26. The van der Waals surface area contributed by atoms with E-state index in [0.717, 1.165) is 36.3 Å². The summed E-state index contributed by atoms with van der Waals surface area (Å²) in [5, 5.41) is 3.05. The number of aryl methyl sites for hydroxylation is 1. The number of hydrogen-bond acceptors (Lipinski definition) is 3. The zero-order chi connectivity index (χ0) is 17.1. The average molecular weight is 360 g/mol. The SMILES string of the molecule is Cc1ccc(CNC(=O)C(C)N2CCCc3c(N)cccc32)cc1.Cl. The lowest BCUT2D eigenvalue weighted by Gasteiger charge is -2.36. The molecule has 4 nitrogen and oxygen atoms in total. The van der Waals surface area contributed by atoms with E-state index in [1.165, 1.54) is 11.1 Å². The first-order valence-electron chi connectivity index (χ1n) is 8.53. The predicted octanol–water partition coefficient (Wildman–Crippen LogP) is 3.46. The number of fused-ring (bicyclic) bond motifs is 1. The van der Waals surface area contributed by atoms with E-state index in [4.69, 9.17) is 5.73 Å². The lowest BCUT2D eigenvalue weighted by atomic mass is 9.98. The van der Waals surface area contributed by atoms with Gasteiger partial charge in [-0.05, 0) is 49.9 Å². The number of nitrogens with two attached hydrogens (primary N) is 1. The fourth-order valence-electron chi connectivity index (χ4n) is 3.27. The minimum Gasteiger partial charge on any atom is -0.398 e. The molecule has 0 saturated heterocycles. The summed E-state index contributed by atoms with van der Waals surface area (Å²) in [6.07, 6.45) is 2.01. The van der Waals surface area contributed by atoms with Crippen LogP contribution in [-0.4, -0.2) is 18.5 Å². The van der Waals surface area contributed by atoms with Gasteiger partial charge in [0.25, 0.3) is 0 Å². The summed E-state index contributed by atoms with van der Waals surface area (Å²) in [5.74, 6) is 0.0471. The van der Waals surface area contributed by atoms with Crippen LogP contribution in [-0.2, 0) is 17.8 Å². The fourth-order valence-corrected chi connectivity index (χ4v) is 3.27. The highest BCUT2D eigenvalue weighted by atomic mass is 35.5. The summed E-state index contributed by atoms with van der Waals surface area (Å²) < 4.78 is 0. The quantitative estimate of drug-likeness (QED) is 0.822. The van der Waals surface area contributed by atoms with Crippen LogP contribution in [0.2, 0.25) is 0 Å². The molecule has 1 amide bonds. The van der Waals surface area contributed by atoms with Crippen molar-refractivity contribution >= 4 is 29.7 Å². The maximum absolute atomic E-state index is 12.6. The third kappa shape index (κ3) is 4.26. The van der Waals surface area contributed by atoms with Gasteiger partial charge in [-0.3, -0.25) is 4.79 Å². The Kier molecular flexibility index (Phi) is 6.32. The van der Waals surface area contributed by atoms with Crippen LogP contribution in [0.25, 0.3) is 0 Å². The monoisotopic (exact) mass is 359 g/mol. The van der Waals surface area contributed by atoms with E-state index in [9.17, 15) is 4.79 Å². The Morgan fingerprint density at radius 1 is 1.24 bits per heavy atom. The zero-order valence-corrected chi connectivity index (χ0v) is 15.6. The predicted molar refractivity (Wildman–Crippen MR) is 106 cm³/mol. The van der Waals surface area contributed by atoms with E-state index in [0.29, 0.717) is 6.54 Å². The van der Waals surface area contributed by atoms with Crippen LogP contribution in [0.3, 0.4) is 0 Å². The third-order valence-electron chi connectivity index (χ3n) is 4.76. The van der Waals surface area contributed by atoms with Crippen LogP contribution in [0.5, 0.6) is 0 Å². The minimum atomic E-state index is -0.212. The molecule has 2 aromatic carbocycles. The van der Waals surface area contributed by atoms with Crippen molar-refractivity contribution in [3.8, 4) is 0 Å². The number of hydrogen-bond donors (Lipinski definition) is 2. The Balaban J connectivity index is 0.00000225. The normalized spacial score (nSPS) is 14.2. The molecule has 0 bridgehead atoms. The second-order valence-electron chi connectivity index (χ2n) is 6.52. The molecule has 2 aromatic rings. The van der Waals surface area contributed by atoms with Crippen LogP contribution in [0.1, 0.15) is 30.0 Å². The Morgan fingerprint density at radius 3 is 2.68 bits per heavy atom. The number of nitrogens with one attached hydrogen (secondary N) is 1. The van der Waals surface area contributed by atoms with Gasteiger partial charge in [0.05, 0.1) is 0 Å². The zero-order valence-electron chi connectivity index (χ0n) is 14.8. The van der Waals surface area contributed by atoms with Crippen molar-refractivity contribution in [2.24, 2.45) is 0 Å². The molecular formula is C20H26ClN3O. The molecule has 1 aliphatic heterocycles. The number of halogens is 1. The minimum absolute atomic E-state index is 0.